The first kappa shape index (κ1) is 16.1. The van der Waals surface area contributed by atoms with Crippen LogP contribution in [0.5, 0.6) is 0 Å². The molecule has 4 nitrogen and oxygen atoms in total. The second-order valence-electron chi connectivity index (χ2n) is 5.77. The fourth-order valence-corrected chi connectivity index (χ4v) is 2.75. The molecule has 0 unspecified atom stereocenters. The molecule has 0 bridgehead atoms. The Hall–Kier alpha value is -3.35. The van der Waals surface area contributed by atoms with Crippen LogP contribution < -0.4 is 5.32 Å². The normalized spacial score (nSPS) is 11.7. The predicted molar refractivity (Wildman–Crippen MR) is 94.1 cm³/mol. The van der Waals surface area contributed by atoms with Gasteiger partial charge in [-0.2, -0.15) is 18.3 Å². The average molecular weight is 354 g/mol. The molecule has 0 aliphatic rings. The van der Waals surface area contributed by atoms with Crippen molar-refractivity contribution in [1.82, 2.24) is 15.2 Å². The van der Waals surface area contributed by atoms with Crippen LogP contribution >= 0.6 is 0 Å². The third-order valence-corrected chi connectivity index (χ3v) is 4.05. The van der Waals surface area contributed by atoms with Gasteiger partial charge < -0.3 is 5.32 Å². The summed E-state index contributed by atoms with van der Waals surface area (Å²) in [5, 5.41) is 11.1. The number of nitrogens with one attached hydrogen (secondary N) is 2. The molecule has 130 valence electrons. The van der Waals surface area contributed by atoms with Crippen LogP contribution in [0.1, 0.15) is 5.56 Å². The Bertz CT molecular complexity index is 1050. The number of alkyl halides is 3. The molecule has 7 heteroatoms. The van der Waals surface area contributed by atoms with Crippen LogP contribution in [0.4, 0.5) is 24.7 Å². The number of pyridine rings is 1. The molecule has 0 saturated carbocycles. The number of hydrogen-bond donors (Lipinski definition) is 2. The highest BCUT2D eigenvalue weighted by Gasteiger charge is 2.29. The van der Waals surface area contributed by atoms with Crippen LogP contribution in [0, 0.1) is 0 Å². The van der Waals surface area contributed by atoms with Crippen molar-refractivity contribution in [3.8, 4) is 11.1 Å². The number of aromatic amines is 1. The topological polar surface area (TPSA) is 53.6 Å². The van der Waals surface area contributed by atoms with Gasteiger partial charge in [-0.1, -0.05) is 18.2 Å². The summed E-state index contributed by atoms with van der Waals surface area (Å²) in [6, 6.07) is 14.3. The van der Waals surface area contributed by atoms with Crippen LogP contribution in [0.3, 0.4) is 0 Å². The summed E-state index contributed by atoms with van der Waals surface area (Å²) in [6.45, 7) is 0. The van der Waals surface area contributed by atoms with Crippen molar-refractivity contribution >= 4 is 22.4 Å². The van der Waals surface area contributed by atoms with E-state index in [-0.39, 0.29) is 0 Å². The van der Waals surface area contributed by atoms with Crippen LogP contribution in [0.2, 0.25) is 0 Å². The van der Waals surface area contributed by atoms with Crippen LogP contribution in [0.25, 0.3) is 22.0 Å². The molecule has 2 heterocycles. The van der Waals surface area contributed by atoms with Crippen LogP contribution in [0.15, 0.2) is 67.0 Å². The summed E-state index contributed by atoms with van der Waals surface area (Å²) >= 11 is 0. The van der Waals surface area contributed by atoms with Gasteiger partial charge in [-0.05, 0) is 47.5 Å². The summed E-state index contributed by atoms with van der Waals surface area (Å²) in [5.74, 6) is 0.594. The Morgan fingerprint density at radius 1 is 0.923 bits per heavy atom. The van der Waals surface area contributed by atoms with Crippen LogP contribution in [-0.2, 0) is 6.18 Å². The zero-order valence-corrected chi connectivity index (χ0v) is 13.4. The lowest BCUT2D eigenvalue weighted by Crippen LogP contribution is -2.04. The lowest BCUT2D eigenvalue weighted by Gasteiger charge is -2.10. The van der Waals surface area contributed by atoms with Gasteiger partial charge in [-0.25, -0.2) is 4.98 Å². The van der Waals surface area contributed by atoms with Gasteiger partial charge >= 0.3 is 6.18 Å². The molecular weight excluding hydrogens is 341 g/mol. The number of halogens is 3. The van der Waals surface area contributed by atoms with E-state index < -0.39 is 11.7 Å². The lowest BCUT2D eigenvalue weighted by molar-refractivity contribution is -0.137. The number of nitrogens with zero attached hydrogens (tertiary/aromatic N) is 2. The number of rotatable bonds is 3. The Labute approximate surface area is 146 Å². The van der Waals surface area contributed by atoms with Gasteiger partial charge in [0.1, 0.15) is 5.82 Å². The van der Waals surface area contributed by atoms with Crippen molar-refractivity contribution in [3.05, 3.63) is 72.6 Å². The molecule has 0 spiro atoms. The molecule has 0 radical (unpaired) electrons. The van der Waals surface area contributed by atoms with Crippen molar-refractivity contribution in [2.24, 2.45) is 0 Å². The van der Waals surface area contributed by atoms with Crippen molar-refractivity contribution in [2.45, 2.75) is 6.18 Å². The molecule has 4 aromatic rings. The number of H-pyrrole nitrogens is 1. The minimum Gasteiger partial charge on any atom is -0.340 e. The zero-order chi connectivity index (χ0) is 18.1. The van der Waals surface area contributed by atoms with E-state index in [0.29, 0.717) is 11.4 Å². The molecule has 0 fully saturated rings. The van der Waals surface area contributed by atoms with E-state index in [1.165, 1.54) is 12.1 Å². The highest BCUT2D eigenvalue weighted by molar-refractivity contribution is 5.92. The van der Waals surface area contributed by atoms with Gasteiger partial charge in [0.05, 0.1) is 23.0 Å². The van der Waals surface area contributed by atoms with E-state index in [2.05, 4.69) is 20.5 Å². The largest absolute Gasteiger partial charge is 0.416 e. The monoisotopic (exact) mass is 354 g/mol. The summed E-state index contributed by atoms with van der Waals surface area (Å²) in [7, 11) is 0. The van der Waals surface area contributed by atoms with Crippen molar-refractivity contribution in [2.75, 3.05) is 5.32 Å². The van der Waals surface area contributed by atoms with Crippen LogP contribution in [-0.4, -0.2) is 15.2 Å². The molecule has 0 atom stereocenters. The number of anilines is 2. The summed E-state index contributed by atoms with van der Waals surface area (Å²) in [4.78, 5) is 4.29. The Morgan fingerprint density at radius 2 is 1.73 bits per heavy atom. The maximum atomic E-state index is 12.7. The second kappa shape index (κ2) is 6.18. The Balaban J connectivity index is 1.64. The smallest absolute Gasteiger partial charge is 0.340 e. The molecule has 4 rings (SSSR count). The minimum atomic E-state index is -4.34. The SMILES string of the molecule is FC(F)(F)c1ccc(-c2ccnc(Nc3cccc4[nH]ncc34)c2)cc1. The van der Waals surface area contributed by atoms with E-state index >= 15 is 0 Å². The standard InChI is InChI=1S/C19H13F3N4/c20-19(21,22)14-6-4-12(5-7-14)13-8-9-23-18(10-13)25-16-2-1-3-17-15(16)11-24-26-17/h1-11H,(H,23,25)(H,24,26). The van der Waals surface area contributed by atoms with E-state index in [9.17, 15) is 13.2 Å². The molecule has 26 heavy (non-hydrogen) atoms. The van der Waals surface area contributed by atoms with Gasteiger partial charge in [0, 0.05) is 11.6 Å². The molecule has 2 aromatic heterocycles. The van der Waals surface area contributed by atoms with Gasteiger partial charge in [-0.15, -0.1) is 0 Å². The molecule has 2 aromatic carbocycles. The number of hydrogen-bond acceptors (Lipinski definition) is 3. The second-order valence-corrected chi connectivity index (χ2v) is 5.77. The molecule has 0 aliphatic heterocycles. The fraction of sp³-hybridized carbons (Fsp3) is 0.0526. The molecule has 0 saturated heterocycles. The van der Waals surface area contributed by atoms with Crippen molar-refractivity contribution in [1.29, 1.82) is 0 Å². The molecule has 2 N–H and O–H groups in total. The quantitative estimate of drug-likeness (QED) is 0.519. The summed E-state index contributed by atoms with van der Waals surface area (Å²) < 4.78 is 38.1. The van der Waals surface area contributed by atoms with E-state index in [0.717, 1.165) is 34.3 Å². The van der Waals surface area contributed by atoms with Crippen molar-refractivity contribution < 1.29 is 13.2 Å². The highest BCUT2D eigenvalue weighted by Crippen LogP contribution is 2.31. The third-order valence-electron chi connectivity index (χ3n) is 4.05. The number of fused-ring (bicyclic) bond motifs is 1. The van der Waals surface area contributed by atoms with E-state index in [1.807, 2.05) is 18.2 Å². The Morgan fingerprint density at radius 3 is 2.50 bits per heavy atom. The first-order valence-corrected chi connectivity index (χ1v) is 7.83. The number of aromatic nitrogens is 3. The zero-order valence-electron chi connectivity index (χ0n) is 13.4. The maximum absolute atomic E-state index is 12.7. The molecular formula is C19H13F3N4. The fourth-order valence-electron chi connectivity index (χ4n) is 2.75. The Kier molecular flexibility index (Phi) is 3.84. The third kappa shape index (κ3) is 3.11. The lowest BCUT2D eigenvalue weighted by atomic mass is 10.0. The minimum absolute atomic E-state index is 0.594. The first-order valence-electron chi connectivity index (χ1n) is 7.83. The number of benzene rings is 2. The highest BCUT2D eigenvalue weighted by atomic mass is 19.4. The summed E-state index contributed by atoms with van der Waals surface area (Å²) in [5.41, 5.74) is 2.53. The average Bonchev–Trinajstić information content (AvgIpc) is 3.11. The van der Waals surface area contributed by atoms with E-state index in [1.54, 1.807) is 24.5 Å². The van der Waals surface area contributed by atoms with Gasteiger partial charge in [-0.3, -0.25) is 5.10 Å². The molecule has 0 aliphatic carbocycles. The summed E-state index contributed by atoms with van der Waals surface area (Å²) in [6.07, 6.45) is -1.00. The van der Waals surface area contributed by atoms with Gasteiger partial charge in [0.15, 0.2) is 0 Å². The first-order chi connectivity index (χ1) is 12.5. The predicted octanol–water partition coefficient (Wildman–Crippen LogP) is 5.39. The van der Waals surface area contributed by atoms with E-state index in [4.69, 9.17) is 0 Å². The van der Waals surface area contributed by atoms with Crippen molar-refractivity contribution in [3.63, 3.8) is 0 Å². The molecule has 0 amide bonds. The maximum Gasteiger partial charge on any atom is 0.416 e. The van der Waals surface area contributed by atoms with Gasteiger partial charge in [0.2, 0.25) is 0 Å². The van der Waals surface area contributed by atoms with Gasteiger partial charge in [0.25, 0.3) is 0 Å².